The molecule has 1 heterocycles. The van der Waals surface area contributed by atoms with Crippen molar-refractivity contribution < 1.29 is 14.2 Å². The van der Waals surface area contributed by atoms with Crippen LogP contribution in [0.3, 0.4) is 0 Å². The first-order chi connectivity index (χ1) is 13.2. The molecule has 0 unspecified atom stereocenters. The minimum Gasteiger partial charge on any atom is -0.494 e. The van der Waals surface area contributed by atoms with Crippen molar-refractivity contribution in [2.45, 2.75) is 26.4 Å². The van der Waals surface area contributed by atoms with Crippen molar-refractivity contribution >= 4 is 23.0 Å². The number of hydrogen-bond acceptors (Lipinski definition) is 4. The average molecular weight is 387 g/mol. The third-order valence-corrected chi connectivity index (χ3v) is 4.55. The van der Waals surface area contributed by atoms with Gasteiger partial charge in [-0.2, -0.15) is 0 Å². The molecule has 6 heteroatoms. The molecule has 1 aliphatic heterocycles. The van der Waals surface area contributed by atoms with Crippen LogP contribution in [-0.4, -0.2) is 42.4 Å². The third kappa shape index (κ3) is 5.26. The van der Waals surface area contributed by atoms with Crippen molar-refractivity contribution in [1.82, 2.24) is 4.90 Å². The topological polar surface area (TPSA) is 43.0 Å². The Labute approximate surface area is 166 Å². The Hall–Kier alpha value is -2.47. The summed E-state index contributed by atoms with van der Waals surface area (Å²) >= 11 is 5.64. The number of hydrogen-bond donors (Lipinski definition) is 1. The largest absolute Gasteiger partial charge is 0.494 e. The van der Waals surface area contributed by atoms with E-state index in [2.05, 4.69) is 17.1 Å². The molecule has 2 aromatic rings. The van der Waals surface area contributed by atoms with Crippen molar-refractivity contribution in [1.29, 1.82) is 0 Å². The molecule has 2 aromatic carbocycles. The zero-order valence-electron chi connectivity index (χ0n) is 15.8. The lowest BCUT2D eigenvalue weighted by Gasteiger charge is -2.32. The minimum absolute atomic E-state index is 0.0634. The van der Waals surface area contributed by atoms with Crippen molar-refractivity contribution in [2.75, 3.05) is 31.6 Å². The van der Waals surface area contributed by atoms with Crippen molar-refractivity contribution in [2.24, 2.45) is 0 Å². The second kappa shape index (κ2) is 9.46. The van der Waals surface area contributed by atoms with Gasteiger partial charge in [-0.1, -0.05) is 19.1 Å². The van der Waals surface area contributed by atoms with E-state index in [1.165, 1.54) is 0 Å². The second-order valence-electron chi connectivity index (χ2n) is 6.33. The molecule has 0 amide bonds. The summed E-state index contributed by atoms with van der Waals surface area (Å²) in [6, 6.07) is 15.6. The van der Waals surface area contributed by atoms with Gasteiger partial charge in [0.15, 0.2) is 22.7 Å². The molecule has 144 valence electrons. The highest BCUT2D eigenvalue weighted by Gasteiger charge is 2.24. The smallest absolute Gasteiger partial charge is 0.173 e. The molecule has 0 radical (unpaired) electrons. The molecule has 0 spiro atoms. The summed E-state index contributed by atoms with van der Waals surface area (Å²) < 4.78 is 17.4. The summed E-state index contributed by atoms with van der Waals surface area (Å²) in [5.74, 6) is 2.44. The first-order valence-electron chi connectivity index (χ1n) is 9.37. The van der Waals surface area contributed by atoms with Crippen LogP contribution >= 0.6 is 12.2 Å². The number of para-hydroxylation sites is 2. The van der Waals surface area contributed by atoms with Crippen molar-refractivity contribution in [3.63, 3.8) is 0 Å². The van der Waals surface area contributed by atoms with Gasteiger partial charge in [-0.25, -0.2) is 0 Å². The maximum atomic E-state index is 6.08. The number of thiocarbonyl (C=S) groups is 1. The molecule has 0 aromatic heterocycles. The number of rotatable bonds is 7. The Morgan fingerprint density at radius 3 is 2.59 bits per heavy atom. The summed E-state index contributed by atoms with van der Waals surface area (Å²) in [4.78, 5) is 2.13. The monoisotopic (exact) mass is 386 g/mol. The molecular weight excluding hydrogens is 360 g/mol. The highest BCUT2D eigenvalue weighted by atomic mass is 32.1. The van der Waals surface area contributed by atoms with E-state index in [0.717, 1.165) is 35.9 Å². The van der Waals surface area contributed by atoms with Gasteiger partial charge in [0.05, 0.1) is 13.2 Å². The Morgan fingerprint density at radius 1 is 1.15 bits per heavy atom. The summed E-state index contributed by atoms with van der Waals surface area (Å²) in [6.45, 7) is 6.81. The molecule has 0 saturated carbocycles. The quantitative estimate of drug-likeness (QED) is 0.715. The highest BCUT2D eigenvalue weighted by Crippen LogP contribution is 2.31. The van der Waals surface area contributed by atoms with Gasteiger partial charge in [0, 0.05) is 12.2 Å². The highest BCUT2D eigenvalue weighted by molar-refractivity contribution is 7.80. The van der Waals surface area contributed by atoms with E-state index < -0.39 is 0 Å². The molecule has 0 saturated heterocycles. The van der Waals surface area contributed by atoms with Gasteiger partial charge >= 0.3 is 0 Å². The van der Waals surface area contributed by atoms with E-state index in [1.807, 2.05) is 55.5 Å². The summed E-state index contributed by atoms with van der Waals surface area (Å²) in [5.41, 5.74) is 0.940. The fourth-order valence-corrected chi connectivity index (χ4v) is 3.23. The molecule has 1 aliphatic rings. The van der Waals surface area contributed by atoms with Gasteiger partial charge in [-0.15, -0.1) is 0 Å². The van der Waals surface area contributed by atoms with Crippen LogP contribution in [0.25, 0.3) is 0 Å². The number of ether oxygens (including phenoxy) is 3. The third-order valence-electron chi connectivity index (χ3n) is 4.19. The number of nitrogens with one attached hydrogen (secondary N) is 1. The first kappa shape index (κ1) is 19.3. The number of fused-ring (bicyclic) bond motifs is 1. The molecule has 3 rings (SSSR count). The number of benzene rings is 2. The molecule has 0 fully saturated rings. The fourth-order valence-electron chi connectivity index (χ4n) is 2.95. The Kier molecular flexibility index (Phi) is 6.76. The van der Waals surface area contributed by atoms with Gasteiger partial charge in [0.2, 0.25) is 0 Å². The Bertz CT molecular complexity index is 751. The SMILES string of the molecule is CCCN(C[C@H]1COc2ccccc2O1)C(=S)Nc1ccc(OCC)cc1. The van der Waals surface area contributed by atoms with Crippen LogP contribution in [0.5, 0.6) is 17.2 Å². The summed E-state index contributed by atoms with van der Waals surface area (Å²) in [6.07, 6.45) is 0.932. The zero-order chi connectivity index (χ0) is 19.1. The van der Waals surface area contributed by atoms with Crippen LogP contribution in [0.2, 0.25) is 0 Å². The molecule has 1 N–H and O–H groups in total. The van der Waals surface area contributed by atoms with Crippen LogP contribution in [0.15, 0.2) is 48.5 Å². The van der Waals surface area contributed by atoms with E-state index in [9.17, 15) is 0 Å². The van der Waals surface area contributed by atoms with Gasteiger partial charge in [0.25, 0.3) is 0 Å². The van der Waals surface area contributed by atoms with Gasteiger partial charge < -0.3 is 24.4 Å². The molecule has 27 heavy (non-hydrogen) atoms. The van der Waals surface area contributed by atoms with E-state index in [0.29, 0.717) is 24.9 Å². The molecular formula is C21H26N2O3S. The van der Waals surface area contributed by atoms with Crippen molar-refractivity contribution in [3.8, 4) is 17.2 Å². The lowest BCUT2D eigenvalue weighted by Crippen LogP contribution is -2.45. The van der Waals surface area contributed by atoms with Gasteiger partial charge in [-0.3, -0.25) is 0 Å². The number of anilines is 1. The van der Waals surface area contributed by atoms with Gasteiger partial charge in [-0.05, 0) is 62.0 Å². The predicted molar refractivity (Wildman–Crippen MR) is 112 cm³/mol. The second-order valence-corrected chi connectivity index (χ2v) is 6.72. The van der Waals surface area contributed by atoms with Crippen LogP contribution in [0.1, 0.15) is 20.3 Å². The Balaban J connectivity index is 1.60. The van der Waals surface area contributed by atoms with E-state index in [4.69, 9.17) is 26.4 Å². The van der Waals surface area contributed by atoms with E-state index >= 15 is 0 Å². The zero-order valence-corrected chi connectivity index (χ0v) is 16.6. The van der Waals surface area contributed by atoms with E-state index in [-0.39, 0.29) is 6.10 Å². The maximum Gasteiger partial charge on any atom is 0.173 e. The lowest BCUT2D eigenvalue weighted by atomic mass is 10.2. The maximum absolute atomic E-state index is 6.08. The van der Waals surface area contributed by atoms with Crippen LogP contribution in [-0.2, 0) is 0 Å². The number of nitrogens with zero attached hydrogens (tertiary/aromatic N) is 1. The van der Waals surface area contributed by atoms with E-state index in [1.54, 1.807) is 0 Å². The summed E-state index contributed by atoms with van der Waals surface area (Å²) in [5, 5.41) is 3.99. The lowest BCUT2D eigenvalue weighted by molar-refractivity contribution is 0.0746. The normalized spacial score (nSPS) is 15.1. The van der Waals surface area contributed by atoms with Gasteiger partial charge in [0.1, 0.15) is 12.4 Å². The van der Waals surface area contributed by atoms with Crippen LogP contribution in [0.4, 0.5) is 5.69 Å². The Morgan fingerprint density at radius 2 is 1.89 bits per heavy atom. The summed E-state index contributed by atoms with van der Waals surface area (Å²) in [7, 11) is 0. The molecule has 0 bridgehead atoms. The minimum atomic E-state index is -0.0634. The predicted octanol–water partition coefficient (Wildman–Crippen LogP) is 4.33. The van der Waals surface area contributed by atoms with Crippen LogP contribution in [0, 0.1) is 0 Å². The van der Waals surface area contributed by atoms with Crippen LogP contribution < -0.4 is 19.5 Å². The van der Waals surface area contributed by atoms with Crippen molar-refractivity contribution in [3.05, 3.63) is 48.5 Å². The fraction of sp³-hybridized carbons (Fsp3) is 0.381. The molecule has 0 aliphatic carbocycles. The molecule has 5 nitrogen and oxygen atoms in total. The average Bonchev–Trinajstić information content (AvgIpc) is 2.69. The first-order valence-corrected chi connectivity index (χ1v) is 9.77. The molecule has 1 atom stereocenters. The standard InChI is InChI=1S/C21H26N2O3S/c1-3-13-23(14-18-15-25-19-7-5-6-8-20(19)26-18)21(27)22-16-9-11-17(12-10-16)24-4-2/h5-12,18H,3-4,13-15H2,1-2H3,(H,22,27)/t18-/m0/s1.